The van der Waals surface area contributed by atoms with Crippen molar-refractivity contribution in [3.8, 4) is 0 Å². The van der Waals surface area contributed by atoms with Gasteiger partial charge < -0.3 is 14.8 Å². The van der Waals surface area contributed by atoms with Crippen LogP contribution in [0.25, 0.3) is 0 Å². The molecule has 0 aromatic heterocycles. The summed E-state index contributed by atoms with van der Waals surface area (Å²) in [4.78, 5) is 22.9. The molecule has 3 atom stereocenters. The fourth-order valence-electron chi connectivity index (χ4n) is 1.47. The van der Waals surface area contributed by atoms with Crippen LogP contribution in [0.4, 0.5) is 4.79 Å². The molecule has 1 fully saturated rings. The molecule has 16 heavy (non-hydrogen) atoms. The van der Waals surface area contributed by atoms with Gasteiger partial charge in [0.25, 0.3) is 0 Å². The van der Waals surface area contributed by atoms with Gasteiger partial charge in [0.05, 0.1) is 0 Å². The number of carbonyl (C=O) groups is 2. The third-order valence-corrected chi connectivity index (χ3v) is 2.49. The van der Waals surface area contributed by atoms with Crippen molar-refractivity contribution in [2.45, 2.75) is 52.4 Å². The third-order valence-electron chi connectivity index (χ3n) is 2.49. The third kappa shape index (κ3) is 3.12. The molecule has 0 aliphatic carbocycles. The molecule has 1 aliphatic heterocycles. The number of amides is 1. The summed E-state index contributed by atoms with van der Waals surface area (Å²) >= 11 is 0. The van der Waals surface area contributed by atoms with Crippen LogP contribution in [0, 0.1) is 5.92 Å². The van der Waals surface area contributed by atoms with E-state index in [1.165, 1.54) is 0 Å². The Morgan fingerprint density at radius 2 is 1.94 bits per heavy atom. The summed E-state index contributed by atoms with van der Waals surface area (Å²) in [5, 5.41) is 2.53. The van der Waals surface area contributed by atoms with E-state index >= 15 is 0 Å². The van der Waals surface area contributed by atoms with E-state index in [0.717, 1.165) is 0 Å². The second kappa shape index (κ2) is 4.31. The lowest BCUT2D eigenvalue weighted by molar-refractivity contribution is -0.142. The molecular weight excluding hydrogens is 210 g/mol. The van der Waals surface area contributed by atoms with Crippen LogP contribution in [-0.2, 0) is 14.3 Å². The van der Waals surface area contributed by atoms with Crippen molar-refractivity contribution in [1.29, 1.82) is 0 Å². The van der Waals surface area contributed by atoms with Crippen LogP contribution < -0.4 is 5.32 Å². The molecule has 0 saturated carbocycles. The SMILES string of the molecule is CC1OC(=O)C(NC(=O)OC(C)(C)C)C1C. The number of carbonyl (C=O) groups excluding carboxylic acids is 2. The maximum Gasteiger partial charge on any atom is 0.408 e. The first-order chi connectivity index (χ1) is 7.20. The lowest BCUT2D eigenvalue weighted by Crippen LogP contribution is -2.44. The summed E-state index contributed by atoms with van der Waals surface area (Å²) in [5.74, 6) is -0.439. The topological polar surface area (TPSA) is 64.6 Å². The standard InChI is InChI=1S/C11H19NO4/c1-6-7(2)15-9(13)8(6)12-10(14)16-11(3,4)5/h6-8H,1-5H3,(H,12,14). The summed E-state index contributed by atoms with van der Waals surface area (Å²) in [6.45, 7) is 8.97. The van der Waals surface area contributed by atoms with Crippen molar-refractivity contribution in [3.63, 3.8) is 0 Å². The van der Waals surface area contributed by atoms with Crippen LogP contribution in [0.15, 0.2) is 0 Å². The lowest BCUT2D eigenvalue weighted by Gasteiger charge is -2.22. The molecule has 0 aromatic carbocycles. The zero-order chi connectivity index (χ0) is 12.5. The van der Waals surface area contributed by atoms with Crippen LogP contribution in [0.5, 0.6) is 0 Å². The molecule has 0 bridgehead atoms. The van der Waals surface area contributed by atoms with Crippen LogP contribution >= 0.6 is 0 Å². The van der Waals surface area contributed by atoms with Crippen molar-refractivity contribution in [2.75, 3.05) is 0 Å². The molecular formula is C11H19NO4. The summed E-state index contributed by atoms with van der Waals surface area (Å²) in [6.07, 6.45) is -0.761. The average Bonchev–Trinajstić information content (AvgIpc) is 2.29. The second-order valence-electron chi connectivity index (χ2n) is 5.13. The van der Waals surface area contributed by atoms with E-state index in [-0.39, 0.29) is 12.0 Å². The van der Waals surface area contributed by atoms with Gasteiger partial charge in [-0.05, 0) is 27.7 Å². The smallest absolute Gasteiger partial charge is 0.408 e. The Morgan fingerprint density at radius 1 is 1.38 bits per heavy atom. The Bertz CT molecular complexity index is 295. The average molecular weight is 229 g/mol. The quantitative estimate of drug-likeness (QED) is 0.691. The molecule has 92 valence electrons. The molecule has 1 amide bonds. The first-order valence-electron chi connectivity index (χ1n) is 5.41. The van der Waals surface area contributed by atoms with Gasteiger partial charge in [-0.15, -0.1) is 0 Å². The first kappa shape index (κ1) is 12.8. The van der Waals surface area contributed by atoms with E-state index in [1.54, 1.807) is 27.7 Å². The van der Waals surface area contributed by atoms with E-state index < -0.39 is 23.7 Å². The van der Waals surface area contributed by atoms with E-state index in [0.29, 0.717) is 0 Å². The lowest BCUT2D eigenvalue weighted by atomic mass is 10.0. The summed E-state index contributed by atoms with van der Waals surface area (Å²) in [7, 11) is 0. The van der Waals surface area contributed by atoms with Gasteiger partial charge in [0, 0.05) is 5.92 Å². The van der Waals surface area contributed by atoms with Crippen LogP contribution in [-0.4, -0.2) is 29.8 Å². The maximum atomic E-state index is 11.5. The number of cyclic esters (lactones) is 1. The Kier molecular flexibility index (Phi) is 3.45. The van der Waals surface area contributed by atoms with Crippen LogP contribution in [0.2, 0.25) is 0 Å². The molecule has 5 nitrogen and oxygen atoms in total. The van der Waals surface area contributed by atoms with Gasteiger partial charge in [-0.1, -0.05) is 6.92 Å². The minimum Gasteiger partial charge on any atom is -0.461 e. The number of esters is 1. The molecule has 3 unspecified atom stereocenters. The van der Waals surface area contributed by atoms with Crippen molar-refractivity contribution in [3.05, 3.63) is 0 Å². The van der Waals surface area contributed by atoms with Crippen molar-refractivity contribution < 1.29 is 19.1 Å². The largest absolute Gasteiger partial charge is 0.461 e. The zero-order valence-corrected chi connectivity index (χ0v) is 10.4. The van der Waals surface area contributed by atoms with Gasteiger partial charge in [0.2, 0.25) is 0 Å². The molecule has 1 heterocycles. The predicted molar refractivity (Wildman–Crippen MR) is 57.9 cm³/mol. The zero-order valence-electron chi connectivity index (χ0n) is 10.4. The van der Waals surface area contributed by atoms with Gasteiger partial charge >= 0.3 is 12.1 Å². The van der Waals surface area contributed by atoms with Crippen molar-refractivity contribution in [1.82, 2.24) is 5.32 Å². The second-order valence-corrected chi connectivity index (χ2v) is 5.13. The van der Waals surface area contributed by atoms with Crippen LogP contribution in [0.3, 0.4) is 0 Å². The highest BCUT2D eigenvalue weighted by Gasteiger charge is 2.40. The van der Waals surface area contributed by atoms with E-state index in [2.05, 4.69) is 5.32 Å². The molecule has 5 heteroatoms. The number of hydrogen-bond donors (Lipinski definition) is 1. The number of hydrogen-bond acceptors (Lipinski definition) is 4. The molecule has 1 N–H and O–H groups in total. The monoisotopic (exact) mass is 229 g/mol. The number of alkyl carbamates (subject to hydrolysis) is 1. The fourth-order valence-corrected chi connectivity index (χ4v) is 1.47. The molecule has 1 saturated heterocycles. The van der Waals surface area contributed by atoms with E-state index in [9.17, 15) is 9.59 Å². The number of nitrogens with one attached hydrogen (secondary N) is 1. The highest BCUT2D eigenvalue weighted by atomic mass is 16.6. The summed E-state index contributed by atoms with van der Waals surface area (Å²) in [6, 6.07) is -0.607. The molecule has 0 radical (unpaired) electrons. The maximum absolute atomic E-state index is 11.5. The Labute approximate surface area is 95.5 Å². The molecule has 0 spiro atoms. The van der Waals surface area contributed by atoms with Gasteiger partial charge in [-0.25, -0.2) is 9.59 Å². The van der Waals surface area contributed by atoms with Crippen molar-refractivity contribution >= 4 is 12.1 Å². The van der Waals surface area contributed by atoms with E-state index in [4.69, 9.17) is 9.47 Å². The summed E-state index contributed by atoms with van der Waals surface area (Å²) < 4.78 is 10.1. The fraction of sp³-hybridized carbons (Fsp3) is 0.818. The Hall–Kier alpha value is -1.26. The number of rotatable bonds is 1. The normalized spacial score (nSPS) is 29.8. The van der Waals surface area contributed by atoms with Gasteiger partial charge in [0.1, 0.15) is 17.7 Å². The highest BCUT2D eigenvalue weighted by molar-refractivity contribution is 5.83. The van der Waals surface area contributed by atoms with Crippen molar-refractivity contribution in [2.24, 2.45) is 5.92 Å². The van der Waals surface area contributed by atoms with E-state index in [1.807, 2.05) is 6.92 Å². The van der Waals surface area contributed by atoms with Crippen LogP contribution in [0.1, 0.15) is 34.6 Å². The van der Waals surface area contributed by atoms with Gasteiger partial charge in [-0.3, -0.25) is 0 Å². The summed E-state index contributed by atoms with van der Waals surface area (Å²) in [5.41, 5.74) is -0.568. The molecule has 0 aromatic rings. The first-order valence-corrected chi connectivity index (χ1v) is 5.41. The van der Waals surface area contributed by atoms with Gasteiger partial charge in [-0.2, -0.15) is 0 Å². The predicted octanol–water partition coefficient (Wildman–Crippen LogP) is 1.46. The number of ether oxygens (including phenoxy) is 2. The Balaban J connectivity index is 2.55. The minimum absolute atomic E-state index is 0.0416. The molecule has 1 rings (SSSR count). The Morgan fingerprint density at radius 3 is 2.31 bits per heavy atom. The highest BCUT2D eigenvalue weighted by Crippen LogP contribution is 2.22. The molecule has 1 aliphatic rings. The van der Waals surface area contributed by atoms with Gasteiger partial charge in [0.15, 0.2) is 0 Å². The minimum atomic E-state index is -0.607.